The first kappa shape index (κ1) is 36.8. The van der Waals surface area contributed by atoms with Crippen LogP contribution in [0, 0.1) is 17.3 Å². The van der Waals surface area contributed by atoms with E-state index in [0.29, 0.717) is 55.0 Å². The molecule has 2 atom stereocenters. The Morgan fingerprint density at radius 2 is 1.69 bits per heavy atom. The number of phenols is 1. The highest BCUT2D eigenvalue weighted by atomic mass is 16.5. The fourth-order valence-electron chi connectivity index (χ4n) is 8.51. The highest BCUT2D eigenvalue weighted by molar-refractivity contribution is 6.23. The number of carbonyl (C=O) groups excluding carboxylic acids is 5. The number of nitrogens with one attached hydrogen (secondary N) is 3. The van der Waals surface area contributed by atoms with Gasteiger partial charge < -0.3 is 26.2 Å². The molecule has 5 amide bonds. The van der Waals surface area contributed by atoms with Crippen LogP contribution in [0.5, 0.6) is 11.5 Å². The van der Waals surface area contributed by atoms with Crippen LogP contribution in [0.25, 0.3) is 11.3 Å². The van der Waals surface area contributed by atoms with Crippen molar-refractivity contribution in [3.63, 3.8) is 0 Å². The van der Waals surface area contributed by atoms with Crippen molar-refractivity contribution in [3.8, 4) is 22.8 Å². The second-order valence-corrected chi connectivity index (χ2v) is 15.2. The lowest BCUT2D eigenvalue weighted by molar-refractivity contribution is -0.136. The quantitative estimate of drug-likeness (QED) is 0.0957. The van der Waals surface area contributed by atoms with E-state index in [-0.39, 0.29) is 46.9 Å². The summed E-state index contributed by atoms with van der Waals surface area (Å²) in [6.07, 6.45) is 9.88. The van der Waals surface area contributed by atoms with Gasteiger partial charge in [-0.15, -0.1) is 10.2 Å². The molecule has 0 radical (unpaired) electrons. The van der Waals surface area contributed by atoms with E-state index in [4.69, 9.17) is 10.5 Å². The number of para-hydroxylation sites is 1. The molecule has 8 rings (SSSR count). The Kier molecular flexibility index (Phi) is 10.8. The largest absolute Gasteiger partial charge is 0.507 e. The summed E-state index contributed by atoms with van der Waals surface area (Å²) in [5.41, 5.74) is 8.53. The predicted molar refractivity (Wildman–Crippen MR) is 199 cm³/mol. The van der Waals surface area contributed by atoms with Crippen molar-refractivity contribution in [3.05, 3.63) is 59.7 Å². The molecule has 1 saturated heterocycles. The maximum absolute atomic E-state index is 13.0. The summed E-state index contributed by atoms with van der Waals surface area (Å²) in [7, 11) is 0. The second kappa shape index (κ2) is 15.8. The fourth-order valence-corrected chi connectivity index (χ4v) is 8.51. The van der Waals surface area contributed by atoms with Gasteiger partial charge in [0.25, 0.3) is 11.8 Å². The number of rotatable bonds is 17. The highest BCUT2D eigenvalue weighted by Crippen LogP contribution is 2.61. The average molecular weight is 738 g/mol. The second-order valence-electron chi connectivity index (χ2n) is 15.2. The highest BCUT2D eigenvalue weighted by Gasteiger charge is 2.55. The van der Waals surface area contributed by atoms with Gasteiger partial charge in [0, 0.05) is 43.2 Å². The molecule has 6 N–H and O–H groups in total. The Morgan fingerprint density at radius 3 is 2.48 bits per heavy atom. The van der Waals surface area contributed by atoms with E-state index in [9.17, 15) is 29.1 Å². The number of amides is 5. The summed E-state index contributed by atoms with van der Waals surface area (Å²) in [5.74, 6) is -0.180. The molecule has 4 fully saturated rings. The van der Waals surface area contributed by atoms with Crippen LogP contribution in [0.1, 0.15) is 97.8 Å². The van der Waals surface area contributed by atoms with Gasteiger partial charge in [-0.2, -0.15) is 0 Å². The third-order valence-corrected chi connectivity index (χ3v) is 11.4. The van der Waals surface area contributed by atoms with Crippen LogP contribution in [0.2, 0.25) is 0 Å². The van der Waals surface area contributed by atoms with Crippen molar-refractivity contribution >= 4 is 41.0 Å². The van der Waals surface area contributed by atoms with E-state index in [2.05, 4.69) is 26.1 Å². The van der Waals surface area contributed by atoms with E-state index in [0.717, 1.165) is 68.4 Å². The van der Waals surface area contributed by atoms with Crippen LogP contribution >= 0.6 is 0 Å². The zero-order valence-electron chi connectivity index (χ0n) is 30.3. The summed E-state index contributed by atoms with van der Waals surface area (Å²) < 4.78 is 6.12. The minimum atomic E-state index is -0.976. The Labute approximate surface area is 313 Å². The lowest BCUT2D eigenvalue weighted by Crippen LogP contribution is -2.54. The number of ether oxygens (including phenoxy) is 1. The molecule has 2 bridgehead atoms. The number of hydrogen-bond acceptors (Lipinski definition) is 11. The molecule has 2 aliphatic heterocycles. The van der Waals surface area contributed by atoms with Crippen molar-refractivity contribution in [1.82, 2.24) is 25.7 Å². The molecule has 3 heterocycles. The van der Waals surface area contributed by atoms with Gasteiger partial charge in [0.1, 0.15) is 17.5 Å². The Hall–Kier alpha value is -5.53. The molecule has 3 aromatic rings. The molecule has 14 nitrogen and oxygen atoms in total. The Morgan fingerprint density at radius 1 is 0.926 bits per heavy atom. The number of hydrogen-bond donors (Lipinski definition) is 5. The summed E-state index contributed by atoms with van der Waals surface area (Å²) in [6.45, 7) is 1.94. The topological polar surface area (TPSA) is 206 Å². The van der Waals surface area contributed by atoms with E-state index >= 15 is 0 Å². The number of phenolic OH excluding ortho intramolecular Hbond substituents is 1. The number of aromatic nitrogens is 2. The maximum Gasteiger partial charge on any atom is 0.262 e. The number of nitrogens with zero attached hydrogens (tertiary/aromatic N) is 3. The third kappa shape index (κ3) is 7.87. The number of carbonyl (C=O) groups is 5. The van der Waals surface area contributed by atoms with Crippen molar-refractivity contribution in [2.45, 2.75) is 83.1 Å². The molecule has 14 heteroatoms. The van der Waals surface area contributed by atoms with Gasteiger partial charge in [-0.25, -0.2) is 0 Å². The molecule has 284 valence electrons. The Balaban J connectivity index is 0.742. The minimum Gasteiger partial charge on any atom is -0.507 e. The van der Waals surface area contributed by atoms with E-state index in [1.165, 1.54) is 0 Å². The van der Waals surface area contributed by atoms with E-state index < -0.39 is 29.7 Å². The van der Waals surface area contributed by atoms with Crippen LogP contribution in [0.3, 0.4) is 0 Å². The molecule has 3 saturated carbocycles. The lowest BCUT2D eigenvalue weighted by Gasteiger charge is -2.38. The number of aromatic hydroxyl groups is 1. The monoisotopic (exact) mass is 737 g/mol. The molecule has 2 unspecified atom stereocenters. The molecular weight excluding hydrogens is 690 g/mol. The number of fused-ring (bicyclic) bond motifs is 2. The zero-order valence-corrected chi connectivity index (χ0v) is 30.3. The van der Waals surface area contributed by atoms with E-state index in [1.54, 1.807) is 42.5 Å². The lowest BCUT2D eigenvalue weighted by atomic mass is 9.69. The summed E-state index contributed by atoms with van der Waals surface area (Å²) in [6, 6.07) is 12.7. The maximum atomic E-state index is 13.0. The first-order valence-corrected chi connectivity index (χ1v) is 19.0. The fraction of sp³-hybridized carbons (Fsp3) is 0.475. The van der Waals surface area contributed by atoms with Crippen LogP contribution in [0.15, 0.2) is 48.5 Å². The summed E-state index contributed by atoms with van der Waals surface area (Å²) >= 11 is 0. The van der Waals surface area contributed by atoms with Crippen LogP contribution in [0.4, 0.5) is 11.5 Å². The molecule has 2 aromatic carbocycles. The SMILES string of the molecule is Nc1nnc(-c2ccccc2O)cc1OCC1CC2(CNC(=O)CCCCCCCCNc3ccc4c(c3)C(=O)N(C3CCC(=O)NC3=O)C4=O)CC1C2. The standard InChI is InChI=1S/C40H47N7O7/c41-36-33(18-30(45-46-36)28-9-6-7-10-32(28)48)54-22-25-21-40(19-24(25)20-40)23-43-34(49)11-5-3-1-2-4-8-16-42-26-12-13-27-29(17-26)39(53)47(38(27)52)31-14-15-35(50)44-37(31)51/h6-7,9-10,12-13,17-18,24-25,31,42,48H,1-5,8,11,14-16,19-23H2,(H2,41,46)(H,43,49)(H,44,50,51). The van der Waals surface area contributed by atoms with Gasteiger partial charge in [-0.1, -0.05) is 37.8 Å². The van der Waals surface area contributed by atoms with Crippen molar-refractivity contribution < 1.29 is 33.8 Å². The van der Waals surface area contributed by atoms with Gasteiger partial charge >= 0.3 is 0 Å². The van der Waals surface area contributed by atoms with Gasteiger partial charge in [0.15, 0.2) is 11.6 Å². The molecule has 5 aliphatic rings. The van der Waals surface area contributed by atoms with Crippen LogP contribution in [-0.4, -0.2) is 75.5 Å². The van der Waals surface area contributed by atoms with Gasteiger partial charge in [0.2, 0.25) is 17.7 Å². The predicted octanol–water partition coefficient (Wildman–Crippen LogP) is 4.59. The molecular formula is C40H47N7O7. The van der Waals surface area contributed by atoms with Crippen LogP contribution < -0.4 is 26.4 Å². The molecule has 1 aromatic heterocycles. The Bertz CT molecular complexity index is 1940. The van der Waals surface area contributed by atoms with Crippen molar-refractivity contribution in [2.75, 3.05) is 30.7 Å². The zero-order chi connectivity index (χ0) is 37.8. The number of unbranched alkanes of at least 4 members (excludes halogenated alkanes) is 5. The van der Waals surface area contributed by atoms with Gasteiger partial charge in [-0.3, -0.25) is 34.2 Å². The first-order valence-electron chi connectivity index (χ1n) is 19.0. The third-order valence-electron chi connectivity index (χ3n) is 11.4. The number of piperidine rings is 1. The molecule has 54 heavy (non-hydrogen) atoms. The smallest absolute Gasteiger partial charge is 0.262 e. The molecule has 3 aliphatic carbocycles. The van der Waals surface area contributed by atoms with E-state index in [1.807, 2.05) is 6.07 Å². The average Bonchev–Trinajstić information content (AvgIpc) is 3.76. The normalized spacial score (nSPS) is 22.8. The summed E-state index contributed by atoms with van der Waals surface area (Å²) in [5, 5.41) is 27.1. The minimum absolute atomic E-state index is 0.0857. The first-order chi connectivity index (χ1) is 26.1. The van der Waals surface area contributed by atoms with Gasteiger partial charge in [-0.05, 0) is 86.1 Å². The van der Waals surface area contributed by atoms with Crippen LogP contribution in [-0.2, 0) is 14.4 Å². The molecule has 0 spiro atoms. The van der Waals surface area contributed by atoms with Crippen molar-refractivity contribution in [2.24, 2.45) is 17.3 Å². The van der Waals surface area contributed by atoms with Crippen molar-refractivity contribution in [1.29, 1.82) is 0 Å². The number of anilines is 2. The number of nitrogens with two attached hydrogens (primary N) is 1. The number of nitrogen functional groups attached to an aromatic ring is 1. The number of benzene rings is 2. The van der Waals surface area contributed by atoms with Gasteiger partial charge in [0.05, 0.1) is 17.7 Å². The summed E-state index contributed by atoms with van der Waals surface area (Å²) in [4.78, 5) is 63.3. The number of imide groups is 2.